The molecule has 1 aliphatic carbocycles. The maximum atomic E-state index is 11.7. The number of rotatable bonds is 3. The maximum absolute atomic E-state index is 11.7. The second-order valence-corrected chi connectivity index (χ2v) is 10.1. The Morgan fingerprint density at radius 2 is 1.80 bits per heavy atom. The van der Waals surface area contributed by atoms with Gasteiger partial charge >= 0.3 is 0 Å². The number of hydrogen-bond donors (Lipinski definition) is 5. The highest BCUT2D eigenvalue weighted by atomic mass is 16.7. The van der Waals surface area contributed by atoms with Crippen LogP contribution in [0.5, 0.6) is 0 Å². The molecule has 2 heterocycles. The van der Waals surface area contributed by atoms with Crippen molar-refractivity contribution in [3.05, 3.63) is 11.6 Å². The molecule has 8 nitrogen and oxygen atoms in total. The highest BCUT2D eigenvalue weighted by molar-refractivity contribution is 5.27. The molecule has 3 rings (SSSR count). The van der Waals surface area contributed by atoms with Crippen LogP contribution in [0.1, 0.15) is 40.5 Å². The first-order valence-corrected chi connectivity index (χ1v) is 11.0. The van der Waals surface area contributed by atoms with Crippen molar-refractivity contribution in [1.29, 1.82) is 0 Å². The number of hydrogen-bond acceptors (Lipinski definition) is 8. The molecule has 2 aliphatic heterocycles. The molecule has 1 saturated carbocycles. The average molecular weight is 430 g/mol. The topological polar surface area (TPSA) is 123 Å². The van der Waals surface area contributed by atoms with E-state index < -0.39 is 49.0 Å². The minimum atomic E-state index is -1.51. The van der Waals surface area contributed by atoms with E-state index in [1.165, 1.54) is 5.57 Å². The Labute approximate surface area is 179 Å². The van der Waals surface area contributed by atoms with E-state index in [4.69, 9.17) is 9.47 Å². The molecule has 1 saturated heterocycles. The zero-order valence-electron chi connectivity index (χ0n) is 18.7. The molecule has 0 spiro atoms. The number of ether oxygens (including phenoxy) is 2. The Balaban J connectivity index is 1.91. The summed E-state index contributed by atoms with van der Waals surface area (Å²) in [6.45, 7) is 9.41. The van der Waals surface area contributed by atoms with Crippen molar-refractivity contribution in [3.8, 4) is 0 Å². The summed E-state index contributed by atoms with van der Waals surface area (Å²) in [4.78, 5) is 2.25. The fourth-order valence-electron chi connectivity index (χ4n) is 5.44. The van der Waals surface area contributed by atoms with Gasteiger partial charge in [-0.1, -0.05) is 32.4 Å². The van der Waals surface area contributed by atoms with E-state index in [0.29, 0.717) is 0 Å². The van der Waals surface area contributed by atoms with Crippen LogP contribution in [0.25, 0.3) is 0 Å². The molecular formula is C22H39NO7. The maximum Gasteiger partial charge on any atom is 0.187 e. The summed E-state index contributed by atoms with van der Waals surface area (Å²) < 4.78 is 11.7. The minimum Gasteiger partial charge on any atom is -0.394 e. The van der Waals surface area contributed by atoms with Gasteiger partial charge in [0.25, 0.3) is 0 Å². The molecule has 0 unspecified atom stereocenters. The Bertz CT molecular complexity index is 635. The van der Waals surface area contributed by atoms with Gasteiger partial charge in [-0.15, -0.1) is 0 Å². The molecule has 0 aromatic heterocycles. The SMILES string of the molecule is C[C@@H]1[C@H](O[C@H]2O[C@@H](CO)[C@H](O)[C@@H](O)[C@@H]2O)[C@@](C)(O)[C@@H]2CCN(C)CCC=C2C1(C)C. The first-order valence-electron chi connectivity index (χ1n) is 11.0. The fourth-order valence-corrected chi connectivity index (χ4v) is 5.44. The van der Waals surface area contributed by atoms with E-state index in [-0.39, 0.29) is 17.3 Å². The predicted molar refractivity (Wildman–Crippen MR) is 111 cm³/mol. The Morgan fingerprint density at radius 1 is 1.13 bits per heavy atom. The summed E-state index contributed by atoms with van der Waals surface area (Å²) in [5.74, 6) is -0.235. The Hall–Kier alpha value is -0.580. The molecule has 0 aromatic rings. The van der Waals surface area contributed by atoms with Gasteiger partial charge in [0.05, 0.1) is 18.3 Å². The van der Waals surface area contributed by atoms with Crippen molar-refractivity contribution >= 4 is 0 Å². The smallest absolute Gasteiger partial charge is 0.187 e. The third-order valence-corrected chi connectivity index (χ3v) is 7.80. The average Bonchev–Trinajstić information content (AvgIpc) is 2.66. The van der Waals surface area contributed by atoms with E-state index in [1.54, 1.807) is 6.92 Å². The highest BCUT2D eigenvalue weighted by Gasteiger charge is 2.58. The second kappa shape index (κ2) is 8.75. The van der Waals surface area contributed by atoms with E-state index in [1.807, 2.05) is 6.92 Å². The lowest BCUT2D eigenvalue weighted by atomic mass is 9.54. The number of nitrogens with zero attached hydrogens (tertiary/aromatic N) is 1. The van der Waals surface area contributed by atoms with Crippen molar-refractivity contribution in [1.82, 2.24) is 4.90 Å². The zero-order chi connectivity index (χ0) is 22.4. The monoisotopic (exact) mass is 429 g/mol. The summed E-state index contributed by atoms with van der Waals surface area (Å²) in [6.07, 6.45) is -3.48. The van der Waals surface area contributed by atoms with Crippen molar-refractivity contribution in [2.45, 2.75) is 82.9 Å². The molecular weight excluding hydrogens is 390 g/mol. The van der Waals surface area contributed by atoms with Gasteiger partial charge in [-0.05, 0) is 44.7 Å². The molecule has 8 heteroatoms. The van der Waals surface area contributed by atoms with Gasteiger partial charge in [-0.3, -0.25) is 0 Å². The summed E-state index contributed by atoms with van der Waals surface area (Å²) in [6, 6.07) is 0. The molecule has 3 aliphatic rings. The molecule has 0 amide bonds. The molecule has 0 radical (unpaired) electrons. The van der Waals surface area contributed by atoms with E-state index in [2.05, 4.69) is 31.9 Å². The van der Waals surface area contributed by atoms with Crippen molar-refractivity contribution in [2.24, 2.45) is 17.3 Å². The predicted octanol–water partition coefficient (Wildman–Crippen LogP) is -0.133. The quantitative estimate of drug-likeness (QED) is 0.393. The Morgan fingerprint density at radius 3 is 2.43 bits per heavy atom. The lowest BCUT2D eigenvalue weighted by Gasteiger charge is -2.57. The summed E-state index contributed by atoms with van der Waals surface area (Å²) in [5, 5.41) is 51.8. The molecule has 9 atom stereocenters. The normalized spacial score (nSPS) is 47.7. The van der Waals surface area contributed by atoms with Gasteiger partial charge < -0.3 is 39.9 Å². The van der Waals surface area contributed by atoms with Crippen LogP contribution in [0.2, 0.25) is 0 Å². The Kier molecular flexibility index (Phi) is 7.02. The van der Waals surface area contributed by atoms with Crippen LogP contribution in [0, 0.1) is 17.3 Å². The third kappa shape index (κ3) is 4.09. The van der Waals surface area contributed by atoms with Crippen molar-refractivity contribution in [3.63, 3.8) is 0 Å². The summed E-state index contributed by atoms with van der Waals surface area (Å²) in [7, 11) is 2.08. The highest BCUT2D eigenvalue weighted by Crippen LogP contribution is 2.54. The lowest BCUT2D eigenvalue weighted by molar-refractivity contribution is -0.336. The van der Waals surface area contributed by atoms with E-state index in [9.17, 15) is 25.5 Å². The van der Waals surface area contributed by atoms with Gasteiger partial charge in [0.1, 0.15) is 24.4 Å². The number of fused-ring (bicyclic) bond motifs is 1. The van der Waals surface area contributed by atoms with Gasteiger partial charge in [0.2, 0.25) is 0 Å². The van der Waals surface area contributed by atoms with Crippen LogP contribution in [-0.2, 0) is 9.47 Å². The van der Waals surface area contributed by atoms with Crippen LogP contribution in [0.3, 0.4) is 0 Å². The number of aliphatic hydroxyl groups is 5. The van der Waals surface area contributed by atoms with Crippen molar-refractivity contribution in [2.75, 3.05) is 26.7 Å². The molecule has 0 aromatic carbocycles. The zero-order valence-corrected chi connectivity index (χ0v) is 18.7. The molecule has 2 fully saturated rings. The van der Waals surface area contributed by atoms with Crippen LogP contribution in [0.4, 0.5) is 0 Å². The summed E-state index contributed by atoms with van der Waals surface area (Å²) in [5.41, 5.74) is -0.235. The van der Waals surface area contributed by atoms with E-state index in [0.717, 1.165) is 25.9 Å². The largest absolute Gasteiger partial charge is 0.394 e. The lowest BCUT2D eigenvalue weighted by Crippen LogP contribution is -2.65. The van der Waals surface area contributed by atoms with Gasteiger partial charge in [-0.25, -0.2) is 0 Å². The first-order chi connectivity index (χ1) is 13.9. The molecule has 5 N–H and O–H groups in total. The standard InChI is InChI=1S/C22H39NO7/c1-12-19(30-20-18(27)17(26)16(25)15(11-24)29-20)22(4,28)14-8-10-23(5)9-6-7-13(14)21(12,2)3/h7,12,14-20,24-28H,6,8-11H2,1-5H3/t12-,14-,15+,16+,17-,18+,19+,20-,22+/m1/s1. The number of aliphatic hydroxyl groups excluding tert-OH is 4. The minimum absolute atomic E-state index is 0.112. The van der Waals surface area contributed by atoms with Gasteiger partial charge in [0.15, 0.2) is 6.29 Å². The molecule has 30 heavy (non-hydrogen) atoms. The fraction of sp³-hybridized carbons (Fsp3) is 0.909. The third-order valence-electron chi connectivity index (χ3n) is 7.80. The second-order valence-electron chi connectivity index (χ2n) is 10.1. The molecule has 174 valence electrons. The first kappa shape index (κ1) is 24.1. The van der Waals surface area contributed by atoms with Crippen molar-refractivity contribution < 1.29 is 35.0 Å². The van der Waals surface area contributed by atoms with E-state index >= 15 is 0 Å². The van der Waals surface area contributed by atoms with Crippen LogP contribution in [-0.4, -0.2) is 99.6 Å². The summed E-state index contributed by atoms with van der Waals surface area (Å²) >= 11 is 0. The van der Waals surface area contributed by atoms with Gasteiger partial charge in [-0.2, -0.15) is 0 Å². The van der Waals surface area contributed by atoms with Crippen LogP contribution < -0.4 is 0 Å². The molecule has 0 bridgehead atoms. The van der Waals surface area contributed by atoms with Crippen LogP contribution >= 0.6 is 0 Å². The van der Waals surface area contributed by atoms with Crippen LogP contribution in [0.15, 0.2) is 11.6 Å². The van der Waals surface area contributed by atoms with Gasteiger partial charge in [0, 0.05) is 12.5 Å².